The van der Waals surface area contributed by atoms with Gasteiger partial charge in [-0.2, -0.15) is 0 Å². The fourth-order valence-electron chi connectivity index (χ4n) is 3.15. The number of aryl methyl sites for hydroxylation is 2. The molecule has 2 heterocycles. The molecule has 0 aliphatic heterocycles. The number of anilines is 1. The molecule has 0 atom stereocenters. The van der Waals surface area contributed by atoms with Gasteiger partial charge in [-0.3, -0.25) is 4.79 Å². The molecule has 140 valence electrons. The van der Waals surface area contributed by atoms with Crippen molar-refractivity contribution in [2.75, 3.05) is 5.32 Å². The third kappa shape index (κ3) is 4.37. The number of carbonyl (C=O) groups is 1. The van der Waals surface area contributed by atoms with Crippen LogP contribution in [0.1, 0.15) is 28.9 Å². The summed E-state index contributed by atoms with van der Waals surface area (Å²) in [6.45, 7) is 10.9. The monoisotopic (exact) mass is 379 g/mol. The number of amides is 1. The number of nitrogens with zero attached hydrogens (tertiary/aromatic N) is 2. The quantitative estimate of drug-likeness (QED) is 0.577. The molecule has 0 radical (unpaired) electrons. The minimum atomic E-state index is -0.0442. The molecule has 1 aromatic carbocycles. The van der Waals surface area contributed by atoms with Gasteiger partial charge in [0.25, 0.3) is 0 Å². The summed E-state index contributed by atoms with van der Waals surface area (Å²) in [6, 6.07) is 10.1. The zero-order valence-corrected chi connectivity index (χ0v) is 16.9. The summed E-state index contributed by atoms with van der Waals surface area (Å²) in [5, 5.41) is 5.79. The van der Waals surface area contributed by atoms with E-state index in [1.165, 1.54) is 28.3 Å². The van der Waals surface area contributed by atoms with E-state index in [9.17, 15) is 4.79 Å². The van der Waals surface area contributed by atoms with Crippen LogP contribution in [0, 0.1) is 13.8 Å². The van der Waals surface area contributed by atoms with Crippen molar-refractivity contribution in [1.82, 2.24) is 9.55 Å². The number of thiazole rings is 1. The Kier molecular flexibility index (Phi) is 5.91. The van der Waals surface area contributed by atoms with E-state index in [1.54, 1.807) is 0 Å². The van der Waals surface area contributed by atoms with E-state index >= 15 is 0 Å². The van der Waals surface area contributed by atoms with Gasteiger partial charge in [0.05, 0.1) is 12.1 Å². The normalized spacial score (nSPS) is 10.8. The average molecular weight is 380 g/mol. The van der Waals surface area contributed by atoms with Crippen molar-refractivity contribution in [3.8, 4) is 11.3 Å². The van der Waals surface area contributed by atoms with Crippen molar-refractivity contribution in [3.63, 3.8) is 0 Å². The molecule has 0 unspecified atom stereocenters. The first-order valence-electron chi connectivity index (χ1n) is 9.13. The standard InChI is InChI=1S/C22H25N3OS/c1-5-11-25-15(3)12-19(16(25)4)20-14-27-22(24-20)13-21(26)23-18-9-7-17(6-2)8-10-18/h5,7-10,12,14H,1,6,11,13H2,2-4H3,(H,23,26). The van der Waals surface area contributed by atoms with Crippen LogP contribution in [-0.4, -0.2) is 15.5 Å². The molecular weight excluding hydrogens is 354 g/mol. The summed E-state index contributed by atoms with van der Waals surface area (Å²) < 4.78 is 2.22. The number of hydrogen-bond donors (Lipinski definition) is 1. The van der Waals surface area contributed by atoms with Crippen molar-refractivity contribution in [1.29, 1.82) is 0 Å². The van der Waals surface area contributed by atoms with Gasteiger partial charge in [-0.25, -0.2) is 4.98 Å². The van der Waals surface area contributed by atoms with Gasteiger partial charge in [0.2, 0.25) is 5.91 Å². The Balaban J connectivity index is 1.69. The summed E-state index contributed by atoms with van der Waals surface area (Å²) in [7, 11) is 0. The fraction of sp³-hybridized carbons (Fsp3) is 0.273. The van der Waals surface area contributed by atoms with E-state index in [1.807, 2.05) is 35.7 Å². The first kappa shape index (κ1) is 19.1. The van der Waals surface area contributed by atoms with Crippen molar-refractivity contribution < 1.29 is 4.79 Å². The maximum absolute atomic E-state index is 12.3. The largest absolute Gasteiger partial charge is 0.345 e. The number of carbonyl (C=O) groups excluding carboxylic acids is 1. The lowest BCUT2D eigenvalue weighted by Crippen LogP contribution is -2.14. The van der Waals surface area contributed by atoms with Crippen LogP contribution >= 0.6 is 11.3 Å². The number of aromatic nitrogens is 2. The predicted octanol–water partition coefficient (Wildman–Crippen LogP) is 5.16. The highest BCUT2D eigenvalue weighted by molar-refractivity contribution is 7.10. The Morgan fingerprint density at radius 2 is 2.04 bits per heavy atom. The minimum Gasteiger partial charge on any atom is -0.345 e. The van der Waals surface area contributed by atoms with Crippen molar-refractivity contribution in [2.24, 2.45) is 0 Å². The third-order valence-electron chi connectivity index (χ3n) is 4.67. The molecule has 3 aromatic rings. The highest BCUT2D eigenvalue weighted by Crippen LogP contribution is 2.28. The van der Waals surface area contributed by atoms with E-state index in [4.69, 9.17) is 0 Å². The Morgan fingerprint density at radius 1 is 1.30 bits per heavy atom. The summed E-state index contributed by atoms with van der Waals surface area (Å²) in [6.07, 6.45) is 3.17. The van der Waals surface area contributed by atoms with Crippen LogP contribution in [0.25, 0.3) is 11.3 Å². The van der Waals surface area contributed by atoms with Crippen LogP contribution in [0.2, 0.25) is 0 Å². The highest BCUT2D eigenvalue weighted by Gasteiger charge is 2.14. The van der Waals surface area contributed by atoms with E-state index in [0.29, 0.717) is 0 Å². The van der Waals surface area contributed by atoms with Gasteiger partial charge in [0, 0.05) is 34.6 Å². The van der Waals surface area contributed by atoms with Crippen LogP contribution in [-0.2, 0) is 24.2 Å². The highest BCUT2D eigenvalue weighted by atomic mass is 32.1. The molecule has 4 nitrogen and oxygen atoms in total. The van der Waals surface area contributed by atoms with Crippen molar-refractivity contribution in [3.05, 3.63) is 70.3 Å². The predicted molar refractivity (Wildman–Crippen MR) is 113 cm³/mol. The van der Waals surface area contributed by atoms with Crippen LogP contribution in [0.4, 0.5) is 5.69 Å². The average Bonchev–Trinajstić information content (AvgIpc) is 3.22. The lowest BCUT2D eigenvalue weighted by molar-refractivity contribution is -0.115. The van der Waals surface area contributed by atoms with E-state index in [0.717, 1.165) is 34.9 Å². The van der Waals surface area contributed by atoms with Crippen LogP contribution in [0.3, 0.4) is 0 Å². The molecule has 0 saturated carbocycles. The Bertz CT molecular complexity index is 951. The second-order valence-electron chi connectivity index (χ2n) is 6.59. The molecule has 5 heteroatoms. The van der Waals surface area contributed by atoms with Gasteiger partial charge < -0.3 is 9.88 Å². The molecule has 0 fully saturated rings. The van der Waals surface area contributed by atoms with Crippen LogP contribution < -0.4 is 5.32 Å². The summed E-state index contributed by atoms with van der Waals surface area (Å²) in [5.74, 6) is -0.0442. The Morgan fingerprint density at radius 3 is 2.70 bits per heavy atom. The molecule has 27 heavy (non-hydrogen) atoms. The molecule has 0 bridgehead atoms. The molecule has 3 rings (SSSR count). The van der Waals surface area contributed by atoms with E-state index in [2.05, 4.69) is 48.3 Å². The van der Waals surface area contributed by atoms with Gasteiger partial charge in [-0.15, -0.1) is 17.9 Å². The lowest BCUT2D eigenvalue weighted by Gasteiger charge is -2.05. The summed E-state index contributed by atoms with van der Waals surface area (Å²) in [4.78, 5) is 17.0. The fourth-order valence-corrected chi connectivity index (χ4v) is 3.95. The topological polar surface area (TPSA) is 46.9 Å². The van der Waals surface area contributed by atoms with E-state index < -0.39 is 0 Å². The Labute approximate surface area is 164 Å². The summed E-state index contributed by atoms with van der Waals surface area (Å²) in [5.41, 5.74) is 6.48. The van der Waals surface area contributed by atoms with Gasteiger partial charge >= 0.3 is 0 Å². The SMILES string of the molecule is C=CCn1c(C)cc(-c2csc(CC(=O)Nc3ccc(CC)cc3)n2)c1C. The second kappa shape index (κ2) is 8.35. The molecule has 0 spiro atoms. The zero-order valence-electron chi connectivity index (χ0n) is 16.1. The summed E-state index contributed by atoms with van der Waals surface area (Å²) >= 11 is 1.53. The third-order valence-corrected chi connectivity index (χ3v) is 5.52. The van der Waals surface area contributed by atoms with Gasteiger partial charge in [0.1, 0.15) is 5.01 Å². The van der Waals surface area contributed by atoms with Crippen molar-refractivity contribution in [2.45, 2.75) is 40.2 Å². The first-order valence-corrected chi connectivity index (χ1v) is 10.0. The van der Waals surface area contributed by atoms with Gasteiger partial charge in [-0.05, 0) is 44.0 Å². The molecule has 2 aromatic heterocycles. The van der Waals surface area contributed by atoms with Gasteiger partial charge in [0.15, 0.2) is 0 Å². The molecule has 1 amide bonds. The van der Waals surface area contributed by atoms with Crippen molar-refractivity contribution >= 4 is 22.9 Å². The Hall–Kier alpha value is -2.66. The smallest absolute Gasteiger partial charge is 0.231 e. The maximum Gasteiger partial charge on any atom is 0.231 e. The lowest BCUT2D eigenvalue weighted by atomic mass is 10.1. The maximum atomic E-state index is 12.3. The van der Waals surface area contributed by atoms with E-state index in [-0.39, 0.29) is 12.3 Å². The molecular formula is C22H25N3OS. The zero-order chi connectivity index (χ0) is 19.4. The number of hydrogen-bond acceptors (Lipinski definition) is 3. The van der Waals surface area contributed by atoms with Crippen LogP contribution in [0.15, 0.2) is 48.4 Å². The minimum absolute atomic E-state index is 0.0442. The number of rotatable bonds is 7. The number of allylic oxidation sites excluding steroid dienone is 1. The molecule has 0 aliphatic carbocycles. The molecule has 0 saturated heterocycles. The molecule has 1 N–H and O–H groups in total. The number of benzene rings is 1. The number of nitrogens with one attached hydrogen (secondary N) is 1. The first-order chi connectivity index (χ1) is 13.0. The molecule has 0 aliphatic rings. The van der Waals surface area contributed by atoms with Crippen LogP contribution in [0.5, 0.6) is 0 Å². The van der Waals surface area contributed by atoms with Gasteiger partial charge in [-0.1, -0.05) is 25.1 Å². The second-order valence-corrected chi connectivity index (χ2v) is 7.53.